The molecule has 4 nitrogen and oxygen atoms in total. The summed E-state index contributed by atoms with van der Waals surface area (Å²) in [5.74, 6) is -0.881. The molecule has 0 fully saturated rings. The van der Waals surface area contributed by atoms with Crippen LogP contribution in [0, 0.1) is 11.6 Å². The van der Waals surface area contributed by atoms with Gasteiger partial charge in [-0.1, -0.05) is 6.07 Å². The molecule has 1 aromatic carbocycles. The van der Waals surface area contributed by atoms with Gasteiger partial charge in [0.15, 0.2) is 0 Å². The zero-order chi connectivity index (χ0) is 14.4. The number of aryl methyl sites for hydroxylation is 1. The number of para-hydroxylation sites is 1. The van der Waals surface area contributed by atoms with Crippen molar-refractivity contribution in [2.75, 3.05) is 18.5 Å². The fourth-order valence-electron chi connectivity index (χ4n) is 1.82. The fourth-order valence-corrected chi connectivity index (χ4v) is 1.82. The minimum Gasteiger partial charge on any atom is -0.382 e. The quantitative estimate of drug-likeness (QED) is 0.791. The highest BCUT2D eigenvalue weighted by Crippen LogP contribution is 2.22. The van der Waals surface area contributed by atoms with Crippen molar-refractivity contribution < 1.29 is 13.5 Å². The van der Waals surface area contributed by atoms with Crippen LogP contribution in [0.15, 0.2) is 30.6 Å². The largest absolute Gasteiger partial charge is 0.382 e. The second-order valence-corrected chi connectivity index (χ2v) is 4.22. The van der Waals surface area contributed by atoms with Crippen LogP contribution in [-0.2, 0) is 11.3 Å². The lowest BCUT2D eigenvalue weighted by Gasteiger charge is -2.11. The van der Waals surface area contributed by atoms with E-state index >= 15 is 0 Å². The van der Waals surface area contributed by atoms with Crippen molar-refractivity contribution in [1.82, 2.24) is 9.55 Å². The Labute approximate surface area is 116 Å². The zero-order valence-corrected chi connectivity index (χ0v) is 11.3. The van der Waals surface area contributed by atoms with Crippen molar-refractivity contribution in [3.05, 3.63) is 42.2 Å². The van der Waals surface area contributed by atoms with Crippen LogP contribution in [0.1, 0.15) is 13.3 Å². The predicted octanol–water partition coefficient (Wildman–Crippen LogP) is 3.33. The number of hydrogen-bond donors (Lipinski definition) is 1. The van der Waals surface area contributed by atoms with Crippen molar-refractivity contribution in [2.24, 2.45) is 0 Å². The summed E-state index contributed by atoms with van der Waals surface area (Å²) < 4.78 is 34.2. The van der Waals surface area contributed by atoms with Gasteiger partial charge in [0, 0.05) is 32.2 Å². The van der Waals surface area contributed by atoms with E-state index in [4.69, 9.17) is 4.74 Å². The molecule has 0 saturated carbocycles. The van der Waals surface area contributed by atoms with E-state index in [1.807, 2.05) is 6.92 Å². The number of nitrogens with zero attached hydrogens (tertiary/aromatic N) is 2. The molecule has 0 radical (unpaired) electrons. The Bertz CT molecular complexity index is 537. The SMILES string of the molecule is CCOCCCn1ccnc1Nc1c(F)cccc1F. The lowest BCUT2D eigenvalue weighted by atomic mass is 10.3. The van der Waals surface area contributed by atoms with Crippen molar-refractivity contribution in [1.29, 1.82) is 0 Å². The molecular weight excluding hydrogens is 264 g/mol. The number of anilines is 2. The van der Waals surface area contributed by atoms with Gasteiger partial charge in [-0.25, -0.2) is 13.8 Å². The van der Waals surface area contributed by atoms with Crippen LogP contribution in [0.4, 0.5) is 20.4 Å². The van der Waals surface area contributed by atoms with Gasteiger partial charge in [0.2, 0.25) is 5.95 Å². The maximum atomic E-state index is 13.6. The van der Waals surface area contributed by atoms with Crippen LogP contribution in [0.2, 0.25) is 0 Å². The molecule has 108 valence electrons. The molecule has 0 unspecified atom stereocenters. The minimum atomic E-state index is -0.645. The molecule has 0 amide bonds. The first-order valence-electron chi connectivity index (χ1n) is 6.52. The first-order valence-corrected chi connectivity index (χ1v) is 6.52. The summed E-state index contributed by atoms with van der Waals surface area (Å²) in [5, 5.41) is 2.69. The van der Waals surface area contributed by atoms with E-state index < -0.39 is 11.6 Å². The van der Waals surface area contributed by atoms with Crippen molar-refractivity contribution in [3.63, 3.8) is 0 Å². The standard InChI is InChI=1S/C14H17F2N3O/c1-2-20-10-4-8-19-9-7-17-14(19)18-13-11(15)5-3-6-12(13)16/h3,5-7,9H,2,4,8,10H2,1H3,(H,17,18). The van der Waals surface area contributed by atoms with Crippen LogP contribution >= 0.6 is 0 Å². The molecule has 6 heteroatoms. The average molecular weight is 281 g/mol. The average Bonchev–Trinajstić information content (AvgIpc) is 2.87. The second-order valence-electron chi connectivity index (χ2n) is 4.22. The molecule has 1 heterocycles. The maximum Gasteiger partial charge on any atom is 0.207 e. The Hall–Kier alpha value is -1.95. The van der Waals surface area contributed by atoms with Gasteiger partial charge in [0.05, 0.1) is 0 Å². The Morgan fingerprint density at radius 3 is 2.75 bits per heavy atom. The molecule has 0 aliphatic heterocycles. The highest BCUT2D eigenvalue weighted by molar-refractivity contribution is 5.55. The lowest BCUT2D eigenvalue weighted by Crippen LogP contribution is -2.07. The predicted molar refractivity (Wildman–Crippen MR) is 73.0 cm³/mol. The number of rotatable bonds is 7. The lowest BCUT2D eigenvalue weighted by molar-refractivity contribution is 0.142. The minimum absolute atomic E-state index is 0.190. The van der Waals surface area contributed by atoms with Crippen LogP contribution in [-0.4, -0.2) is 22.8 Å². The number of hydrogen-bond acceptors (Lipinski definition) is 3. The third-order valence-corrected chi connectivity index (χ3v) is 2.81. The highest BCUT2D eigenvalue weighted by atomic mass is 19.1. The van der Waals surface area contributed by atoms with Crippen LogP contribution < -0.4 is 5.32 Å². The molecule has 2 rings (SSSR count). The van der Waals surface area contributed by atoms with E-state index in [1.165, 1.54) is 18.2 Å². The highest BCUT2D eigenvalue weighted by Gasteiger charge is 2.11. The second kappa shape index (κ2) is 7.00. The van der Waals surface area contributed by atoms with Crippen LogP contribution in [0.5, 0.6) is 0 Å². The van der Waals surface area contributed by atoms with Crippen molar-refractivity contribution in [2.45, 2.75) is 19.9 Å². The summed E-state index contributed by atoms with van der Waals surface area (Å²) in [6.45, 7) is 3.92. The van der Waals surface area contributed by atoms with E-state index in [2.05, 4.69) is 10.3 Å². The van der Waals surface area contributed by atoms with Crippen LogP contribution in [0.25, 0.3) is 0 Å². The number of nitrogens with one attached hydrogen (secondary N) is 1. The monoisotopic (exact) mass is 281 g/mol. The number of ether oxygens (including phenoxy) is 1. The molecule has 0 saturated heterocycles. The van der Waals surface area contributed by atoms with E-state index in [0.29, 0.717) is 25.7 Å². The Morgan fingerprint density at radius 2 is 2.05 bits per heavy atom. The van der Waals surface area contributed by atoms with Gasteiger partial charge in [0.1, 0.15) is 17.3 Å². The molecule has 1 aromatic heterocycles. The van der Waals surface area contributed by atoms with Gasteiger partial charge in [-0.3, -0.25) is 0 Å². The molecule has 2 aromatic rings. The van der Waals surface area contributed by atoms with E-state index in [0.717, 1.165) is 6.42 Å². The summed E-state index contributed by atoms with van der Waals surface area (Å²) in [6, 6.07) is 3.73. The molecule has 0 atom stereocenters. The molecular formula is C14H17F2N3O. The maximum absolute atomic E-state index is 13.6. The first kappa shape index (κ1) is 14.5. The van der Waals surface area contributed by atoms with E-state index in [1.54, 1.807) is 17.0 Å². The summed E-state index contributed by atoms with van der Waals surface area (Å²) in [4.78, 5) is 4.07. The van der Waals surface area contributed by atoms with Crippen molar-refractivity contribution in [3.8, 4) is 0 Å². The molecule has 0 aliphatic carbocycles. The van der Waals surface area contributed by atoms with Gasteiger partial charge >= 0.3 is 0 Å². The Morgan fingerprint density at radius 1 is 1.30 bits per heavy atom. The Kier molecular flexibility index (Phi) is 5.06. The summed E-state index contributed by atoms with van der Waals surface area (Å²) >= 11 is 0. The number of halogens is 2. The molecule has 0 aliphatic rings. The third-order valence-electron chi connectivity index (χ3n) is 2.81. The van der Waals surface area contributed by atoms with Gasteiger partial charge in [-0.05, 0) is 25.5 Å². The summed E-state index contributed by atoms with van der Waals surface area (Å²) in [5.41, 5.74) is -0.190. The smallest absolute Gasteiger partial charge is 0.207 e. The number of benzene rings is 1. The topological polar surface area (TPSA) is 39.1 Å². The number of imidazole rings is 1. The van der Waals surface area contributed by atoms with E-state index in [-0.39, 0.29) is 5.69 Å². The first-order chi connectivity index (χ1) is 9.72. The fraction of sp³-hybridized carbons (Fsp3) is 0.357. The van der Waals surface area contributed by atoms with Gasteiger partial charge in [-0.2, -0.15) is 0 Å². The van der Waals surface area contributed by atoms with Gasteiger partial charge in [0.25, 0.3) is 0 Å². The van der Waals surface area contributed by atoms with Gasteiger partial charge in [-0.15, -0.1) is 0 Å². The zero-order valence-electron chi connectivity index (χ0n) is 11.3. The molecule has 0 spiro atoms. The summed E-state index contributed by atoms with van der Waals surface area (Å²) in [7, 11) is 0. The summed E-state index contributed by atoms with van der Waals surface area (Å²) in [6.07, 6.45) is 4.15. The van der Waals surface area contributed by atoms with Crippen molar-refractivity contribution >= 4 is 11.6 Å². The molecule has 0 bridgehead atoms. The van der Waals surface area contributed by atoms with Gasteiger partial charge < -0.3 is 14.6 Å². The Balaban J connectivity index is 2.05. The van der Waals surface area contributed by atoms with Crippen LogP contribution in [0.3, 0.4) is 0 Å². The molecule has 20 heavy (non-hydrogen) atoms. The normalized spacial score (nSPS) is 10.8. The number of aromatic nitrogens is 2. The van der Waals surface area contributed by atoms with E-state index in [9.17, 15) is 8.78 Å². The molecule has 1 N–H and O–H groups in total. The third kappa shape index (κ3) is 3.54.